The van der Waals surface area contributed by atoms with Crippen molar-refractivity contribution in [3.63, 3.8) is 0 Å². The Hall–Kier alpha value is -3.09. The molecule has 1 amide bonds. The zero-order valence-electron chi connectivity index (χ0n) is 13.4. The summed E-state index contributed by atoms with van der Waals surface area (Å²) in [5, 5.41) is 23.0. The van der Waals surface area contributed by atoms with Crippen LogP contribution in [0.25, 0.3) is 0 Å². The van der Waals surface area contributed by atoms with Gasteiger partial charge in [0.05, 0.1) is 4.92 Å². The average molecular weight is 330 g/mol. The summed E-state index contributed by atoms with van der Waals surface area (Å²) >= 11 is 0. The molecule has 7 heteroatoms. The zero-order valence-corrected chi connectivity index (χ0v) is 13.4. The summed E-state index contributed by atoms with van der Waals surface area (Å²) < 4.78 is 5.53. The lowest BCUT2D eigenvalue weighted by atomic mass is 10.1. The van der Waals surface area contributed by atoms with Gasteiger partial charge in [0, 0.05) is 24.2 Å². The molecule has 2 rings (SSSR count). The predicted octanol–water partition coefficient (Wildman–Crippen LogP) is 2.61. The van der Waals surface area contributed by atoms with Gasteiger partial charge in [-0.3, -0.25) is 14.9 Å². The van der Waals surface area contributed by atoms with Crippen molar-refractivity contribution in [2.75, 3.05) is 6.61 Å². The number of para-hydroxylation sites is 1. The van der Waals surface area contributed by atoms with Gasteiger partial charge in [0.1, 0.15) is 11.5 Å². The molecule has 0 aliphatic rings. The molecule has 0 aromatic heterocycles. The highest BCUT2D eigenvalue weighted by atomic mass is 16.6. The fourth-order valence-corrected chi connectivity index (χ4v) is 2.24. The summed E-state index contributed by atoms with van der Waals surface area (Å²) in [5.74, 6) is 0.158. The van der Waals surface area contributed by atoms with Crippen LogP contribution < -0.4 is 10.1 Å². The summed E-state index contributed by atoms with van der Waals surface area (Å²) in [7, 11) is 0. The monoisotopic (exact) mass is 330 g/mol. The Kier molecular flexibility index (Phi) is 5.36. The van der Waals surface area contributed by atoms with E-state index in [-0.39, 0.29) is 36.1 Å². The molecule has 0 heterocycles. The number of phenols is 1. The number of carbonyl (C=O) groups is 1. The average Bonchev–Trinajstić information content (AvgIpc) is 2.53. The number of nitrogens with zero attached hydrogens (tertiary/aromatic N) is 1. The number of phenolic OH excluding ortho intramolecular Hbond substituents is 1. The third-order valence-electron chi connectivity index (χ3n) is 3.51. The number of carbonyl (C=O) groups excluding carboxylic acids is 1. The van der Waals surface area contributed by atoms with Gasteiger partial charge in [-0.1, -0.05) is 18.2 Å². The van der Waals surface area contributed by atoms with Gasteiger partial charge in [0.15, 0.2) is 6.61 Å². The van der Waals surface area contributed by atoms with E-state index in [9.17, 15) is 20.0 Å². The first kappa shape index (κ1) is 17.3. The van der Waals surface area contributed by atoms with Gasteiger partial charge in [0.2, 0.25) is 0 Å². The summed E-state index contributed by atoms with van der Waals surface area (Å²) in [6.07, 6.45) is 0. The Balaban J connectivity index is 1.94. The minimum atomic E-state index is -0.561. The summed E-state index contributed by atoms with van der Waals surface area (Å²) in [5.41, 5.74) is 1.98. The van der Waals surface area contributed by atoms with E-state index < -0.39 is 4.92 Å². The second-order valence-corrected chi connectivity index (χ2v) is 5.36. The van der Waals surface area contributed by atoms with Crippen molar-refractivity contribution in [1.29, 1.82) is 0 Å². The van der Waals surface area contributed by atoms with Gasteiger partial charge in [0.25, 0.3) is 11.6 Å². The highest BCUT2D eigenvalue weighted by molar-refractivity contribution is 5.77. The van der Waals surface area contributed by atoms with Crippen molar-refractivity contribution in [1.82, 2.24) is 5.32 Å². The molecule has 0 radical (unpaired) electrons. The maximum Gasteiger partial charge on any atom is 0.270 e. The van der Waals surface area contributed by atoms with E-state index in [4.69, 9.17) is 4.74 Å². The maximum atomic E-state index is 11.9. The minimum Gasteiger partial charge on any atom is -0.508 e. The van der Waals surface area contributed by atoms with E-state index in [1.165, 1.54) is 18.2 Å². The number of nitro benzene ring substituents is 1. The number of hydrogen-bond acceptors (Lipinski definition) is 5. The van der Waals surface area contributed by atoms with Crippen LogP contribution in [0, 0.1) is 24.0 Å². The number of rotatable bonds is 6. The lowest BCUT2D eigenvalue weighted by Gasteiger charge is -2.12. The van der Waals surface area contributed by atoms with Gasteiger partial charge < -0.3 is 15.2 Å². The van der Waals surface area contributed by atoms with Crippen LogP contribution in [0.4, 0.5) is 5.69 Å². The highest BCUT2D eigenvalue weighted by Crippen LogP contribution is 2.23. The van der Waals surface area contributed by atoms with Crippen molar-refractivity contribution >= 4 is 11.6 Å². The van der Waals surface area contributed by atoms with E-state index in [2.05, 4.69) is 5.32 Å². The molecule has 7 nitrogen and oxygen atoms in total. The third kappa shape index (κ3) is 4.22. The van der Waals surface area contributed by atoms with Crippen molar-refractivity contribution in [2.24, 2.45) is 0 Å². The number of non-ortho nitro benzene ring substituents is 1. The molecule has 0 bridgehead atoms. The van der Waals surface area contributed by atoms with Crippen LogP contribution >= 0.6 is 0 Å². The number of hydrogen-bond donors (Lipinski definition) is 2. The van der Waals surface area contributed by atoms with Crippen molar-refractivity contribution < 1.29 is 19.6 Å². The Morgan fingerprint density at radius 2 is 1.92 bits per heavy atom. The Morgan fingerprint density at radius 3 is 2.54 bits per heavy atom. The SMILES string of the molecule is Cc1cccc(C)c1OCC(=O)NCc1cc([N+](=O)[O-])ccc1O. The minimum absolute atomic E-state index is 0.0253. The van der Waals surface area contributed by atoms with Gasteiger partial charge in [-0.05, 0) is 31.0 Å². The Bertz CT molecular complexity index is 753. The van der Waals surface area contributed by atoms with Crippen LogP contribution in [0.3, 0.4) is 0 Å². The molecule has 0 fully saturated rings. The van der Waals surface area contributed by atoms with Crippen molar-refractivity contribution in [3.05, 3.63) is 63.2 Å². The molecule has 24 heavy (non-hydrogen) atoms. The van der Waals surface area contributed by atoms with Crippen molar-refractivity contribution in [3.8, 4) is 11.5 Å². The predicted molar refractivity (Wildman–Crippen MR) is 88.0 cm³/mol. The van der Waals surface area contributed by atoms with Crippen LogP contribution in [0.2, 0.25) is 0 Å². The number of amides is 1. The fraction of sp³-hybridized carbons (Fsp3) is 0.235. The molecule has 0 saturated heterocycles. The standard InChI is InChI=1S/C17H18N2O5/c1-11-4-3-5-12(2)17(11)24-10-16(21)18-9-13-8-14(19(22)23)6-7-15(13)20/h3-8,20H,9-10H2,1-2H3,(H,18,21). The number of ether oxygens (including phenoxy) is 1. The lowest BCUT2D eigenvalue weighted by Crippen LogP contribution is -2.28. The molecule has 2 aromatic carbocycles. The van der Waals surface area contributed by atoms with Crippen LogP contribution in [0.15, 0.2) is 36.4 Å². The number of nitrogens with one attached hydrogen (secondary N) is 1. The molecule has 0 spiro atoms. The molecule has 2 N–H and O–H groups in total. The second-order valence-electron chi connectivity index (χ2n) is 5.36. The summed E-state index contributed by atoms with van der Waals surface area (Å²) in [4.78, 5) is 22.1. The normalized spacial score (nSPS) is 10.2. The molecule has 0 unspecified atom stereocenters. The number of aryl methyl sites for hydroxylation is 2. The quantitative estimate of drug-likeness (QED) is 0.626. The smallest absolute Gasteiger partial charge is 0.270 e. The van der Waals surface area contributed by atoms with E-state index in [0.29, 0.717) is 5.75 Å². The molecule has 0 aliphatic heterocycles. The lowest BCUT2D eigenvalue weighted by molar-refractivity contribution is -0.384. The van der Waals surface area contributed by atoms with Crippen LogP contribution in [0.1, 0.15) is 16.7 Å². The summed E-state index contributed by atoms with van der Waals surface area (Å²) in [6.45, 7) is 3.58. The topological polar surface area (TPSA) is 102 Å². The largest absolute Gasteiger partial charge is 0.508 e. The molecule has 0 saturated carbocycles. The van der Waals surface area contributed by atoms with E-state index >= 15 is 0 Å². The molecular weight excluding hydrogens is 312 g/mol. The second kappa shape index (κ2) is 7.45. The fourth-order valence-electron chi connectivity index (χ4n) is 2.24. The number of nitro groups is 1. The Labute approximate surface area is 139 Å². The van der Waals surface area contributed by atoms with E-state index in [0.717, 1.165) is 11.1 Å². The zero-order chi connectivity index (χ0) is 17.7. The molecular formula is C17H18N2O5. The van der Waals surface area contributed by atoms with Crippen LogP contribution in [-0.2, 0) is 11.3 Å². The van der Waals surface area contributed by atoms with Gasteiger partial charge in [-0.15, -0.1) is 0 Å². The molecule has 0 aliphatic carbocycles. The Morgan fingerprint density at radius 1 is 1.25 bits per heavy atom. The van der Waals surface area contributed by atoms with E-state index in [1.807, 2.05) is 32.0 Å². The highest BCUT2D eigenvalue weighted by Gasteiger charge is 2.12. The van der Waals surface area contributed by atoms with Crippen LogP contribution in [-0.4, -0.2) is 22.5 Å². The molecule has 126 valence electrons. The number of aromatic hydroxyl groups is 1. The first-order chi connectivity index (χ1) is 11.4. The van der Waals surface area contributed by atoms with Gasteiger partial charge in [-0.25, -0.2) is 0 Å². The maximum absolute atomic E-state index is 11.9. The molecule has 2 aromatic rings. The van der Waals surface area contributed by atoms with Crippen LogP contribution in [0.5, 0.6) is 11.5 Å². The molecule has 0 atom stereocenters. The number of benzene rings is 2. The van der Waals surface area contributed by atoms with Gasteiger partial charge in [-0.2, -0.15) is 0 Å². The third-order valence-corrected chi connectivity index (χ3v) is 3.51. The van der Waals surface area contributed by atoms with E-state index in [1.54, 1.807) is 0 Å². The summed E-state index contributed by atoms with van der Waals surface area (Å²) in [6, 6.07) is 9.34. The van der Waals surface area contributed by atoms with Gasteiger partial charge >= 0.3 is 0 Å². The first-order valence-electron chi connectivity index (χ1n) is 7.30. The first-order valence-corrected chi connectivity index (χ1v) is 7.30. The van der Waals surface area contributed by atoms with Crippen molar-refractivity contribution in [2.45, 2.75) is 20.4 Å².